The van der Waals surface area contributed by atoms with E-state index in [1.165, 1.54) is 11.1 Å². The summed E-state index contributed by atoms with van der Waals surface area (Å²) in [7, 11) is 0. The van der Waals surface area contributed by atoms with Crippen LogP contribution in [0.15, 0.2) is 66.7 Å². The van der Waals surface area contributed by atoms with Crippen LogP contribution in [0.25, 0.3) is 11.1 Å². The van der Waals surface area contributed by atoms with E-state index in [9.17, 15) is 14.4 Å². The number of carbonyl (C=O) groups is 3. The third kappa shape index (κ3) is 3.40. The monoisotopic (exact) mass is 422 g/mol. The van der Waals surface area contributed by atoms with Crippen molar-refractivity contribution in [3.05, 3.63) is 89.0 Å². The van der Waals surface area contributed by atoms with E-state index in [4.69, 9.17) is 4.74 Å². The lowest BCUT2D eigenvalue weighted by molar-refractivity contribution is -0.112. The molecule has 0 unspecified atom stereocenters. The summed E-state index contributed by atoms with van der Waals surface area (Å²) in [6.45, 7) is 0.301. The van der Waals surface area contributed by atoms with Crippen LogP contribution in [0.5, 0.6) is 0 Å². The Hall–Kier alpha value is -4.37. The fourth-order valence-electron chi connectivity index (χ4n) is 4.18. The number of Topliss-reactive ketones (excluding diaryl/α,β-unsaturated/α-hetero) is 1. The van der Waals surface area contributed by atoms with Crippen LogP contribution in [0.2, 0.25) is 0 Å². The SMILES string of the molecule is O=C(NCC#Cc1cccc2c1NC(=O)C2=O)OCC1c2ccccc2-c2ccccc21. The van der Waals surface area contributed by atoms with Gasteiger partial charge in [-0.15, -0.1) is 0 Å². The van der Waals surface area contributed by atoms with Gasteiger partial charge in [-0.2, -0.15) is 0 Å². The van der Waals surface area contributed by atoms with Gasteiger partial charge < -0.3 is 15.4 Å². The molecule has 156 valence electrons. The predicted octanol–water partition coefficient (Wildman–Crippen LogP) is 3.71. The summed E-state index contributed by atoms with van der Waals surface area (Å²) >= 11 is 0. The Balaban J connectivity index is 1.20. The second-order valence-electron chi connectivity index (χ2n) is 7.49. The number of ketones is 1. The van der Waals surface area contributed by atoms with Crippen LogP contribution in [-0.2, 0) is 9.53 Å². The fourth-order valence-corrected chi connectivity index (χ4v) is 4.18. The van der Waals surface area contributed by atoms with Crippen LogP contribution in [0.3, 0.4) is 0 Å². The van der Waals surface area contributed by atoms with E-state index in [0.29, 0.717) is 16.8 Å². The zero-order valence-corrected chi connectivity index (χ0v) is 17.0. The summed E-state index contributed by atoms with van der Waals surface area (Å²) in [5.74, 6) is 4.47. The van der Waals surface area contributed by atoms with Crippen molar-refractivity contribution in [1.29, 1.82) is 0 Å². The summed E-state index contributed by atoms with van der Waals surface area (Å²) < 4.78 is 5.47. The number of rotatable bonds is 3. The van der Waals surface area contributed by atoms with Crippen LogP contribution >= 0.6 is 0 Å². The van der Waals surface area contributed by atoms with Crippen molar-refractivity contribution in [3.8, 4) is 23.0 Å². The predicted molar refractivity (Wildman–Crippen MR) is 119 cm³/mol. The van der Waals surface area contributed by atoms with Gasteiger partial charge in [-0.1, -0.05) is 66.4 Å². The number of hydrogen-bond acceptors (Lipinski definition) is 4. The molecule has 0 radical (unpaired) electrons. The topological polar surface area (TPSA) is 84.5 Å². The Morgan fingerprint density at radius 1 is 0.906 bits per heavy atom. The van der Waals surface area contributed by atoms with Crippen molar-refractivity contribution in [2.24, 2.45) is 0 Å². The molecule has 0 fully saturated rings. The van der Waals surface area contributed by atoms with Crippen molar-refractivity contribution in [1.82, 2.24) is 5.32 Å². The summed E-state index contributed by atoms with van der Waals surface area (Å²) in [6, 6.07) is 21.2. The lowest BCUT2D eigenvalue weighted by Crippen LogP contribution is -2.26. The molecule has 0 saturated heterocycles. The van der Waals surface area contributed by atoms with E-state index in [1.807, 2.05) is 24.3 Å². The molecule has 6 nitrogen and oxygen atoms in total. The van der Waals surface area contributed by atoms with Gasteiger partial charge >= 0.3 is 6.09 Å². The number of alkyl carbamates (subject to hydrolysis) is 1. The van der Waals surface area contributed by atoms with E-state index in [-0.39, 0.29) is 19.1 Å². The lowest BCUT2D eigenvalue weighted by atomic mass is 9.98. The van der Waals surface area contributed by atoms with Gasteiger partial charge in [0.25, 0.3) is 11.7 Å². The van der Waals surface area contributed by atoms with Gasteiger partial charge in [0.15, 0.2) is 0 Å². The number of carbonyl (C=O) groups excluding carboxylic acids is 3. The van der Waals surface area contributed by atoms with Crippen LogP contribution in [0.1, 0.15) is 33.0 Å². The van der Waals surface area contributed by atoms with Gasteiger partial charge in [0.2, 0.25) is 0 Å². The maximum Gasteiger partial charge on any atom is 0.407 e. The highest BCUT2D eigenvalue weighted by Gasteiger charge is 2.30. The number of anilines is 1. The van der Waals surface area contributed by atoms with Gasteiger partial charge in [0.1, 0.15) is 6.61 Å². The Bertz CT molecular complexity index is 1290. The number of nitrogens with one attached hydrogen (secondary N) is 2. The van der Waals surface area contributed by atoms with E-state index >= 15 is 0 Å². The standard InChI is InChI=1S/C26H18N2O4/c29-24-21-13-5-7-16(23(21)28-25(24)30)8-6-14-27-26(31)32-15-22-19-11-3-1-9-17(19)18-10-2-4-12-20(18)22/h1-5,7,9-13,22H,14-15H2,(H,27,31)(H,28,29,30). The molecule has 5 rings (SSSR count). The second kappa shape index (κ2) is 8.05. The van der Waals surface area contributed by atoms with Crippen molar-refractivity contribution < 1.29 is 19.1 Å². The zero-order valence-electron chi connectivity index (χ0n) is 17.0. The van der Waals surface area contributed by atoms with Gasteiger partial charge in [-0.05, 0) is 34.4 Å². The van der Waals surface area contributed by atoms with E-state index in [2.05, 4.69) is 46.7 Å². The maximum atomic E-state index is 12.2. The van der Waals surface area contributed by atoms with Gasteiger partial charge in [-0.25, -0.2) is 4.79 Å². The molecule has 0 spiro atoms. The number of para-hydroxylation sites is 1. The van der Waals surface area contributed by atoms with Crippen LogP contribution < -0.4 is 10.6 Å². The molecule has 2 N–H and O–H groups in total. The Morgan fingerprint density at radius 3 is 2.28 bits per heavy atom. The first kappa shape index (κ1) is 19.6. The quantitative estimate of drug-likeness (QED) is 0.498. The smallest absolute Gasteiger partial charge is 0.407 e. The highest BCUT2D eigenvalue weighted by atomic mass is 16.5. The molecule has 1 aliphatic carbocycles. The Morgan fingerprint density at radius 2 is 1.56 bits per heavy atom. The Kier molecular flexibility index (Phi) is 4.92. The van der Waals surface area contributed by atoms with Crippen LogP contribution in [-0.4, -0.2) is 30.9 Å². The summed E-state index contributed by atoms with van der Waals surface area (Å²) in [4.78, 5) is 35.5. The summed E-state index contributed by atoms with van der Waals surface area (Å²) in [6.07, 6.45) is -0.553. The van der Waals surface area contributed by atoms with Crippen molar-refractivity contribution >= 4 is 23.5 Å². The third-order valence-electron chi connectivity index (χ3n) is 5.64. The molecular formula is C26H18N2O4. The van der Waals surface area contributed by atoms with E-state index in [0.717, 1.165) is 11.1 Å². The van der Waals surface area contributed by atoms with Crippen LogP contribution in [0, 0.1) is 11.8 Å². The largest absolute Gasteiger partial charge is 0.449 e. The molecular weight excluding hydrogens is 404 g/mol. The van der Waals surface area contributed by atoms with Crippen LogP contribution in [0.4, 0.5) is 10.5 Å². The number of amides is 2. The molecule has 2 amide bonds. The highest BCUT2D eigenvalue weighted by molar-refractivity contribution is 6.51. The fraction of sp³-hybridized carbons (Fsp3) is 0.115. The first-order valence-corrected chi connectivity index (χ1v) is 10.2. The first-order chi connectivity index (χ1) is 15.6. The molecule has 6 heteroatoms. The van der Waals surface area contributed by atoms with Gasteiger partial charge in [-0.3, -0.25) is 9.59 Å². The number of hydrogen-bond donors (Lipinski definition) is 2. The molecule has 2 aliphatic rings. The molecule has 3 aromatic carbocycles. The minimum atomic E-state index is -0.661. The highest BCUT2D eigenvalue weighted by Crippen LogP contribution is 2.44. The molecule has 0 saturated carbocycles. The second-order valence-corrected chi connectivity index (χ2v) is 7.49. The molecule has 1 heterocycles. The minimum absolute atomic E-state index is 0.00714. The molecule has 0 atom stereocenters. The third-order valence-corrected chi connectivity index (χ3v) is 5.64. The molecule has 3 aromatic rings. The van der Waals surface area contributed by atoms with E-state index < -0.39 is 17.8 Å². The molecule has 32 heavy (non-hydrogen) atoms. The minimum Gasteiger partial charge on any atom is -0.449 e. The Labute approximate surface area is 184 Å². The van der Waals surface area contributed by atoms with Gasteiger partial charge in [0.05, 0.1) is 17.8 Å². The van der Waals surface area contributed by atoms with Crippen molar-refractivity contribution in [2.45, 2.75) is 5.92 Å². The van der Waals surface area contributed by atoms with Crippen molar-refractivity contribution in [2.75, 3.05) is 18.5 Å². The summed E-state index contributed by atoms with van der Waals surface area (Å²) in [5, 5.41) is 5.15. The van der Waals surface area contributed by atoms with E-state index in [1.54, 1.807) is 18.2 Å². The van der Waals surface area contributed by atoms with Crippen molar-refractivity contribution in [3.63, 3.8) is 0 Å². The van der Waals surface area contributed by atoms with Gasteiger partial charge in [0, 0.05) is 11.5 Å². The summed E-state index contributed by atoms with van der Waals surface area (Å²) in [5.41, 5.74) is 5.89. The average molecular weight is 422 g/mol. The number of fused-ring (bicyclic) bond motifs is 4. The lowest BCUT2D eigenvalue weighted by Gasteiger charge is -2.14. The normalized spacial score (nSPS) is 13.4. The number of ether oxygens (including phenoxy) is 1. The zero-order chi connectivity index (χ0) is 22.1. The first-order valence-electron chi connectivity index (χ1n) is 10.2. The molecule has 0 bridgehead atoms. The molecule has 1 aliphatic heterocycles. The molecule has 0 aromatic heterocycles. The average Bonchev–Trinajstić information content (AvgIpc) is 3.30. The maximum absolute atomic E-state index is 12.2. The number of benzene rings is 3.